The third-order valence-corrected chi connectivity index (χ3v) is 2.58. The van der Waals surface area contributed by atoms with E-state index < -0.39 is 0 Å². The summed E-state index contributed by atoms with van der Waals surface area (Å²) in [6.07, 6.45) is 0. The van der Waals surface area contributed by atoms with Crippen molar-refractivity contribution < 1.29 is 4.79 Å². The van der Waals surface area contributed by atoms with Gasteiger partial charge in [0.25, 0.3) is 0 Å². The average Bonchev–Trinajstić information content (AvgIpc) is 2.07. The molecule has 0 aliphatic carbocycles. The lowest BCUT2D eigenvalue weighted by atomic mass is 10.2. The third kappa shape index (κ3) is 4.07. The number of amides is 1. The number of carbonyl (C=O) groups is 1. The molecule has 0 spiro atoms. The van der Waals surface area contributed by atoms with E-state index in [0.717, 1.165) is 32.7 Å². The molecule has 0 saturated carbocycles. The van der Waals surface area contributed by atoms with E-state index in [2.05, 4.69) is 29.1 Å². The quantitative estimate of drug-likeness (QED) is 0.681. The smallest absolute Gasteiger partial charge is 0.217 e. The number of hydrogen-bond acceptors (Lipinski definition) is 3. The fourth-order valence-corrected chi connectivity index (χ4v) is 1.81. The average molecular weight is 199 g/mol. The molecule has 1 N–H and O–H groups in total. The van der Waals surface area contributed by atoms with Crippen molar-refractivity contribution in [2.24, 2.45) is 0 Å². The van der Waals surface area contributed by atoms with E-state index in [-0.39, 0.29) is 11.9 Å². The summed E-state index contributed by atoms with van der Waals surface area (Å²) in [6.45, 7) is 9.08. The molecule has 0 aromatic heterocycles. The fourth-order valence-electron chi connectivity index (χ4n) is 1.81. The molecule has 1 fully saturated rings. The maximum atomic E-state index is 10.8. The monoisotopic (exact) mass is 199 g/mol. The summed E-state index contributed by atoms with van der Waals surface area (Å²) >= 11 is 0. The third-order valence-electron chi connectivity index (χ3n) is 2.58. The first-order chi connectivity index (χ1) is 6.58. The highest BCUT2D eigenvalue weighted by Gasteiger charge is 2.15. The second-order valence-corrected chi connectivity index (χ2v) is 4.21. The minimum absolute atomic E-state index is 0.0617. The zero-order chi connectivity index (χ0) is 10.6. The molecule has 1 saturated heterocycles. The molecule has 1 amide bonds. The minimum atomic E-state index is 0.0617. The van der Waals surface area contributed by atoms with Crippen molar-refractivity contribution >= 4 is 5.91 Å². The van der Waals surface area contributed by atoms with Crippen LogP contribution in [0, 0.1) is 0 Å². The van der Waals surface area contributed by atoms with Gasteiger partial charge in [-0.15, -0.1) is 0 Å². The van der Waals surface area contributed by atoms with Crippen LogP contribution in [0.2, 0.25) is 0 Å². The predicted molar refractivity (Wildman–Crippen MR) is 57.2 cm³/mol. The number of nitrogens with zero attached hydrogens (tertiary/aromatic N) is 2. The van der Waals surface area contributed by atoms with Crippen molar-refractivity contribution in [3.05, 3.63) is 0 Å². The summed E-state index contributed by atoms with van der Waals surface area (Å²) in [5.41, 5.74) is 0. The maximum Gasteiger partial charge on any atom is 0.217 e. The Hall–Kier alpha value is -0.610. The standard InChI is InChI=1S/C10H21N3O/c1-9(11-10(2)14)8-13-6-4-12(3)5-7-13/h9H,4-8H2,1-3H3,(H,11,14). The normalized spacial score (nSPS) is 21.9. The van der Waals surface area contributed by atoms with Crippen molar-refractivity contribution in [1.29, 1.82) is 0 Å². The highest BCUT2D eigenvalue weighted by molar-refractivity contribution is 5.73. The fraction of sp³-hybridized carbons (Fsp3) is 0.900. The Bertz CT molecular complexity index is 188. The van der Waals surface area contributed by atoms with E-state index >= 15 is 0 Å². The lowest BCUT2D eigenvalue weighted by molar-refractivity contribution is -0.119. The zero-order valence-electron chi connectivity index (χ0n) is 9.42. The minimum Gasteiger partial charge on any atom is -0.353 e. The van der Waals surface area contributed by atoms with Crippen LogP contribution in [0.15, 0.2) is 0 Å². The van der Waals surface area contributed by atoms with Gasteiger partial charge in [-0.05, 0) is 14.0 Å². The van der Waals surface area contributed by atoms with Gasteiger partial charge in [-0.25, -0.2) is 0 Å². The first kappa shape index (κ1) is 11.5. The number of likely N-dealkylation sites (N-methyl/N-ethyl adjacent to an activating group) is 1. The number of nitrogens with one attached hydrogen (secondary N) is 1. The molecule has 1 unspecified atom stereocenters. The molecule has 82 valence electrons. The molecule has 14 heavy (non-hydrogen) atoms. The molecule has 0 aromatic rings. The van der Waals surface area contributed by atoms with Crippen molar-refractivity contribution in [2.45, 2.75) is 19.9 Å². The van der Waals surface area contributed by atoms with E-state index in [1.54, 1.807) is 6.92 Å². The van der Waals surface area contributed by atoms with Crippen LogP contribution in [0.3, 0.4) is 0 Å². The van der Waals surface area contributed by atoms with Gasteiger partial charge in [-0.1, -0.05) is 0 Å². The SMILES string of the molecule is CC(=O)NC(C)CN1CCN(C)CC1. The van der Waals surface area contributed by atoms with E-state index in [0.29, 0.717) is 0 Å². The number of carbonyl (C=O) groups excluding carboxylic acids is 1. The van der Waals surface area contributed by atoms with Crippen molar-refractivity contribution in [3.8, 4) is 0 Å². The highest BCUT2D eigenvalue weighted by atomic mass is 16.1. The molecule has 4 heteroatoms. The van der Waals surface area contributed by atoms with Crippen LogP contribution < -0.4 is 5.32 Å². The molecule has 0 radical (unpaired) electrons. The van der Waals surface area contributed by atoms with Crippen molar-refractivity contribution in [2.75, 3.05) is 39.8 Å². The maximum absolute atomic E-state index is 10.8. The van der Waals surface area contributed by atoms with E-state index in [1.165, 1.54) is 0 Å². The first-order valence-corrected chi connectivity index (χ1v) is 5.26. The lowest BCUT2D eigenvalue weighted by Gasteiger charge is -2.33. The van der Waals surface area contributed by atoms with E-state index in [4.69, 9.17) is 0 Å². The summed E-state index contributed by atoms with van der Waals surface area (Å²) in [5.74, 6) is 0.0617. The molecular weight excluding hydrogens is 178 g/mol. The zero-order valence-corrected chi connectivity index (χ0v) is 9.42. The van der Waals surface area contributed by atoms with E-state index in [9.17, 15) is 4.79 Å². The van der Waals surface area contributed by atoms with Gasteiger partial charge in [0.2, 0.25) is 5.91 Å². The molecule has 0 aromatic carbocycles. The molecule has 1 rings (SSSR count). The second kappa shape index (κ2) is 5.32. The van der Waals surface area contributed by atoms with Crippen molar-refractivity contribution in [3.63, 3.8) is 0 Å². The number of hydrogen-bond donors (Lipinski definition) is 1. The summed E-state index contributed by atoms with van der Waals surface area (Å²) in [4.78, 5) is 15.5. The Morgan fingerprint density at radius 2 is 1.93 bits per heavy atom. The molecule has 0 bridgehead atoms. The second-order valence-electron chi connectivity index (χ2n) is 4.21. The number of rotatable bonds is 3. The van der Waals surface area contributed by atoms with Crippen LogP contribution in [0.25, 0.3) is 0 Å². The summed E-state index contributed by atoms with van der Waals surface area (Å²) in [6, 6.07) is 0.260. The molecule has 1 atom stereocenters. The van der Waals surface area contributed by atoms with Gasteiger partial charge in [0.15, 0.2) is 0 Å². The Morgan fingerprint density at radius 3 is 2.43 bits per heavy atom. The van der Waals surface area contributed by atoms with Gasteiger partial charge in [-0.2, -0.15) is 0 Å². The Kier molecular flexibility index (Phi) is 4.35. The van der Waals surface area contributed by atoms with Crippen LogP contribution >= 0.6 is 0 Å². The number of piperazine rings is 1. The Labute approximate surface area is 86.2 Å². The first-order valence-electron chi connectivity index (χ1n) is 5.26. The molecule has 1 heterocycles. The molecule has 4 nitrogen and oxygen atoms in total. The van der Waals surface area contributed by atoms with Gasteiger partial charge in [0.05, 0.1) is 0 Å². The molecular formula is C10H21N3O. The molecule has 1 aliphatic heterocycles. The van der Waals surface area contributed by atoms with Gasteiger partial charge < -0.3 is 10.2 Å². The van der Waals surface area contributed by atoms with Gasteiger partial charge in [0, 0.05) is 45.7 Å². The highest BCUT2D eigenvalue weighted by Crippen LogP contribution is 1.99. The molecule has 1 aliphatic rings. The summed E-state index contributed by atoms with van der Waals surface area (Å²) in [7, 11) is 2.15. The van der Waals surface area contributed by atoms with Crippen LogP contribution in [0.5, 0.6) is 0 Å². The van der Waals surface area contributed by atoms with Crippen LogP contribution in [-0.4, -0.2) is 61.5 Å². The summed E-state index contributed by atoms with van der Waals surface area (Å²) in [5, 5.41) is 2.91. The predicted octanol–water partition coefficient (Wildman–Crippen LogP) is -0.242. The van der Waals surface area contributed by atoms with Gasteiger partial charge >= 0.3 is 0 Å². The summed E-state index contributed by atoms with van der Waals surface area (Å²) < 4.78 is 0. The van der Waals surface area contributed by atoms with Crippen LogP contribution in [0.4, 0.5) is 0 Å². The van der Waals surface area contributed by atoms with Crippen LogP contribution in [0.1, 0.15) is 13.8 Å². The van der Waals surface area contributed by atoms with Crippen LogP contribution in [-0.2, 0) is 4.79 Å². The topological polar surface area (TPSA) is 35.6 Å². The lowest BCUT2D eigenvalue weighted by Crippen LogP contribution is -2.49. The Morgan fingerprint density at radius 1 is 1.36 bits per heavy atom. The largest absolute Gasteiger partial charge is 0.353 e. The Balaban J connectivity index is 2.20. The van der Waals surface area contributed by atoms with Gasteiger partial charge in [-0.3, -0.25) is 9.69 Å². The van der Waals surface area contributed by atoms with E-state index in [1.807, 2.05) is 0 Å². The van der Waals surface area contributed by atoms with Gasteiger partial charge in [0.1, 0.15) is 0 Å². The van der Waals surface area contributed by atoms with Crippen molar-refractivity contribution in [1.82, 2.24) is 15.1 Å².